The van der Waals surface area contributed by atoms with Crippen molar-refractivity contribution in [3.63, 3.8) is 0 Å². The number of nitrogens with zero attached hydrogens (tertiary/aromatic N) is 4. The van der Waals surface area contributed by atoms with Gasteiger partial charge >= 0.3 is 0 Å². The van der Waals surface area contributed by atoms with Crippen LogP contribution in [0.1, 0.15) is 18.7 Å². The van der Waals surface area contributed by atoms with Crippen molar-refractivity contribution in [3.8, 4) is 0 Å². The summed E-state index contributed by atoms with van der Waals surface area (Å²) >= 11 is 0. The lowest BCUT2D eigenvalue weighted by molar-refractivity contribution is -0.122. The number of aryl methyl sites for hydroxylation is 2. The van der Waals surface area contributed by atoms with Gasteiger partial charge in [-0.15, -0.1) is 0 Å². The Morgan fingerprint density at radius 2 is 2.16 bits per heavy atom. The van der Waals surface area contributed by atoms with Gasteiger partial charge in [-0.3, -0.25) is 14.2 Å². The predicted octanol–water partition coefficient (Wildman–Crippen LogP) is 1.11. The minimum atomic E-state index is -0.112. The van der Waals surface area contributed by atoms with E-state index in [0.717, 1.165) is 25.2 Å². The number of hydrogen-bond donors (Lipinski definition) is 1. The number of fused-ring (bicyclic) bond motifs is 2. The third kappa shape index (κ3) is 3.17. The van der Waals surface area contributed by atoms with Crippen molar-refractivity contribution in [1.82, 2.24) is 24.4 Å². The maximum absolute atomic E-state index is 12.4. The summed E-state index contributed by atoms with van der Waals surface area (Å²) in [5.74, 6) is 1.02. The topological polar surface area (TPSA) is 81.8 Å². The second kappa shape index (κ2) is 6.51. The molecule has 1 aliphatic rings. The maximum atomic E-state index is 12.4. The molecular weight excluding hydrogens is 318 g/mol. The molecule has 0 spiro atoms. The van der Waals surface area contributed by atoms with E-state index in [1.54, 1.807) is 18.3 Å². The van der Waals surface area contributed by atoms with Crippen LogP contribution < -0.4 is 10.9 Å². The summed E-state index contributed by atoms with van der Waals surface area (Å²) in [5.41, 5.74) is 0.561. The number of benzene rings is 1. The molecule has 0 unspecified atom stereocenters. The Morgan fingerprint density at radius 3 is 3.08 bits per heavy atom. The van der Waals surface area contributed by atoms with Crippen molar-refractivity contribution in [2.75, 3.05) is 0 Å². The molecule has 0 radical (unpaired) electrons. The number of nitrogens with one attached hydrogen (secondary N) is 1. The number of hydrogen-bond acceptors (Lipinski definition) is 4. The van der Waals surface area contributed by atoms with Crippen molar-refractivity contribution in [2.24, 2.45) is 0 Å². The highest BCUT2D eigenvalue weighted by Crippen LogP contribution is 2.13. The van der Waals surface area contributed by atoms with E-state index in [-0.39, 0.29) is 23.9 Å². The van der Waals surface area contributed by atoms with E-state index in [4.69, 9.17) is 0 Å². The van der Waals surface area contributed by atoms with E-state index >= 15 is 0 Å². The molecule has 0 saturated heterocycles. The minimum Gasteiger partial charge on any atom is -0.352 e. The van der Waals surface area contributed by atoms with E-state index < -0.39 is 0 Å². The second-order valence-electron chi connectivity index (χ2n) is 6.31. The number of para-hydroxylation sites is 1. The number of imidazole rings is 1. The Labute approximate surface area is 144 Å². The minimum absolute atomic E-state index is 0.0476. The molecule has 7 heteroatoms. The molecule has 7 nitrogen and oxygen atoms in total. The Hall–Kier alpha value is -2.96. The van der Waals surface area contributed by atoms with Crippen molar-refractivity contribution >= 4 is 16.8 Å². The first-order valence-corrected chi connectivity index (χ1v) is 8.44. The summed E-state index contributed by atoms with van der Waals surface area (Å²) in [7, 11) is 0. The van der Waals surface area contributed by atoms with Crippen LogP contribution in [-0.4, -0.2) is 31.1 Å². The third-order valence-corrected chi connectivity index (χ3v) is 4.61. The number of aromatic nitrogens is 4. The van der Waals surface area contributed by atoms with E-state index in [1.165, 1.54) is 10.9 Å². The van der Waals surface area contributed by atoms with Gasteiger partial charge in [-0.1, -0.05) is 12.1 Å². The van der Waals surface area contributed by atoms with E-state index in [9.17, 15) is 9.59 Å². The average Bonchev–Trinajstić information content (AvgIpc) is 3.09. The monoisotopic (exact) mass is 337 g/mol. The molecule has 1 aliphatic heterocycles. The van der Waals surface area contributed by atoms with Crippen LogP contribution in [0.3, 0.4) is 0 Å². The van der Waals surface area contributed by atoms with Crippen LogP contribution in [0.15, 0.2) is 47.8 Å². The van der Waals surface area contributed by atoms with Crippen LogP contribution in [0, 0.1) is 0 Å². The molecule has 3 heterocycles. The SMILES string of the molecule is O=C(CCn1cnc2ccccc2c1=O)N[C@H]1CCc2nccn2C1. The molecule has 25 heavy (non-hydrogen) atoms. The molecule has 0 aliphatic carbocycles. The average molecular weight is 337 g/mol. The smallest absolute Gasteiger partial charge is 0.261 e. The molecule has 4 rings (SSSR count). The molecule has 0 bridgehead atoms. The van der Waals surface area contributed by atoms with Crippen molar-refractivity contribution in [3.05, 3.63) is 59.2 Å². The van der Waals surface area contributed by atoms with Gasteiger partial charge in [-0.25, -0.2) is 9.97 Å². The highest BCUT2D eigenvalue weighted by molar-refractivity contribution is 5.77. The van der Waals surface area contributed by atoms with Crippen LogP contribution in [0.4, 0.5) is 0 Å². The first-order valence-electron chi connectivity index (χ1n) is 8.44. The molecular formula is C18H19N5O2. The van der Waals surface area contributed by atoms with E-state index in [0.29, 0.717) is 17.4 Å². The molecule has 3 aromatic rings. The first kappa shape index (κ1) is 15.6. The van der Waals surface area contributed by atoms with Crippen LogP contribution in [0.5, 0.6) is 0 Å². The Balaban J connectivity index is 1.38. The maximum Gasteiger partial charge on any atom is 0.261 e. The normalized spacial score (nSPS) is 16.6. The number of rotatable bonds is 4. The molecule has 1 aromatic carbocycles. The van der Waals surface area contributed by atoms with Gasteiger partial charge in [0.05, 0.1) is 17.2 Å². The molecule has 128 valence electrons. The van der Waals surface area contributed by atoms with Crippen LogP contribution in [0.2, 0.25) is 0 Å². The lowest BCUT2D eigenvalue weighted by Crippen LogP contribution is -2.41. The fourth-order valence-corrected chi connectivity index (χ4v) is 3.27. The van der Waals surface area contributed by atoms with Crippen LogP contribution in [0.25, 0.3) is 10.9 Å². The van der Waals surface area contributed by atoms with Gasteiger partial charge in [0.15, 0.2) is 0 Å². The zero-order valence-electron chi connectivity index (χ0n) is 13.8. The Morgan fingerprint density at radius 1 is 1.28 bits per heavy atom. The van der Waals surface area contributed by atoms with Gasteiger partial charge in [0.2, 0.25) is 5.91 Å². The standard InChI is InChI=1S/C18H19N5O2/c24-17(21-13-5-6-16-19-8-10-22(16)11-13)7-9-23-12-20-15-4-2-1-3-14(15)18(23)25/h1-4,8,10,12-13H,5-7,9,11H2,(H,21,24)/t13-/m0/s1. The number of amides is 1. The van der Waals surface area contributed by atoms with Crippen LogP contribution in [-0.2, 0) is 24.3 Å². The number of carbonyl (C=O) groups is 1. The molecule has 1 amide bonds. The van der Waals surface area contributed by atoms with E-state index in [2.05, 4.69) is 19.9 Å². The highest BCUT2D eigenvalue weighted by atomic mass is 16.2. The van der Waals surface area contributed by atoms with Gasteiger partial charge in [0.25, 0.3) is 5.56 Å². The van der Waals surface area contributed by atoms with Gasteiger partial charge in [0.1, 0.15) is 5.82 Å². The molecule has 0 fully saturated rings. The molecule has 0 saturated carbocycles. The van der Waals surface area contributed by atoms with Gasteiger partial charge in [-0.05, 0) is 18.6 Å². The fourth-order valence-electron chi connectivity index (χ4n) is 3.27. The highest BCUT2D eigenvalue weighted by Gasteiger charge is 2.20. The zero-order chi connectivity index (χ0) is 17.2. The van der Waals surface area contributed by atoms with Crippen molar-refractivity contribution in [1.29, 1.82) is 0 Å². The lowest BCUT2D eigenvalue weighted by Gasteiger charge is -2.24. The van der Waals surface area contributed by atoms with Gasteiger partial charge in [0, 0.05) is 44.4 Å². The fraction of sp³-hybridized carbons (Fsp3) is 0.333. The van der Waals surface area contributed by atoms with Crippen LogP contribution >= 0.6 is 0 Å². The number of carbonyl (C=O) groups excluding carboxylic acids is 1. The largest absolute Gasteiger partial charge is 0.352 e. The van der Waals surface area contributed by atoms with Gasteiger partial charge < -0.3 is 9.88 Å². The summed E-state index contributed by atoms with van der Waals surface area (Å²) in [6.45, 7) is 1.07. The molecule has 1 atom stereocenters. The summed E-state index contributed by atoms with van der Waals surface area (Å²) in [5, 5.41) is 3.63. The summed E-state index contributed by atoms with van der Waals surface area (Å²) in [6.07, 6.45) is 7.25. The third-order valence-electron chi connectivity index (χ3n) is 4.61. The zero-order valence-corrected chi connectivity index (χ0v) is 13.8. The molecule has 1 N–H and O–H groups in total. The molecule has 2 aromatic heterocycles. The first-order chi connectivity index (χ1) is 12.2. The summed E-state index contributed by atoms with van der Waals surface area (Å²) in [6, 6.07) is 7.34. The Bertz CT molecular complexity index is 975. The van der Waals surface area contributed by atoms with E-state index in [1.807, 2.05) is 18.3 Å². The van der Waals surface area contributed by atoms with Crippen molar-refractivity contribution < 1.29 is 4.79 Å². The van der Waals surface area contributed by atoms with Gasteiger partial charge in [-0.2, -0.15) is 0 Å². The quantitative estimate of drug-likeness (QED) is 0.773. The lowest BCUT2D eigenvalue weighted by atomic mass is 10.1. The van der Waals surface area contributed by atoms with Crippen molar-refractivity contribution in [2.45, 2.75) is 38.4 Å². The second-order valence-corrected chi connectivity index (χ2v) is 6.31. The predicted molar refractivity (Wildman–Crippen MR) is 93.1 cm³/mol. The summed E-state index contributed by atoms with van der Waals surface area (Å²) in [4.78, 5) is 33.2. The summed E-state index contributed by atoms with van der Waals surface area (Å²) < 4.78 is 3.57. The Kier molecular flexibility index (Phi) is 4.05.